The van der Waals surface area contributed by atoms with E-state index < -0.39 is 0 Å². The van der Waals surface area contributed by atoms with E-state index in [-0.39, 0.29) is 24.1 Å². The Balaban J connectivity index is 2.58. The summed E-state index contributed by atoms with van der Waals surface area (Å²) in [5.41, 5.74) is 0. The minimum Gasteiger partial charge on any atom is -0.392 e. The van der Waals surface area contributed by atoms with Crippen LogP contribution in [-0.2, 0) is 4.79 Å². The summed E-state index contributed by atoms with van der Waals surface area (Å²) in [5, 5.41) is 12.6. The lowest BCUT2D eigenvalue weighted by atomic mass is 10.1. The van der Waals surface area contributed by atoms with Crippen LogP contribution in [0.5, 0.6) is 0 Å². The van der Waals surface area contributed by atoms with E-state index in [1.54, 1.807) is 0 Å². The Kier molecular flexibility index (Phi) is 5.92. The van der Waals surface area contributed by atoms with Crippen LogP contribution in [0.1, 0.15) is 46.5 Å². The molecule has 2 N–H and O–H groups in total. The van der Waals surface area contributed by atoms with Gasteiger partial charge in [0.05, 0.1) is 12.1 Å². The van der Waals surface area contributed by atoms with Gasteiger partial charge in [-0.05, 0) is 26.2 Å². The summed E-state index contributed by atoms with van der Waals surface area (Å²) < 4.78 is 0. The fraction of sp³-hybridized carbons (Fsp3) is 0.923. The molecule has 1 amide bonds. The van der Waals surface area contributed by atoms with Crippen LogP contribution in [0.25, 0.3) is 0 Å². The minimum atomic E-state index is -0.367. The number of rotatable bonds is 6. The summed E-state index contributed by atoms with van der Waals surface area (Å²) in [6.07, 6.45) is 3.31. The van der Waals surface area contributed by atoms with Gasteiger partial charge in [-0.25, -0.2) is 0 Å². The molecule has 1 fully saturated rings. The summed E-state index contributed by atoms with van der Waals surface area (Å²) in [7, 11) is 0. The second kappa shape index (κ2) is 6.97. The highest BCUT2D eigenvalue weighted by atomic mass is 16.3. The Bertz CT molecular complexity index is 246. The van der Waals surface area contributed by atoms with Gasteiger partial charge in [0.2, 0.25) is 5.91 Å². The number of hydrogen-bond acceptors (Lipinski definition) is 3. The van der Waals surface area contributed by atoms with Gasteiger partial charge in [0, 0.05) is 19.1 Å². The Morgan fingerprint density at radius 3 is 2.71 bits per heavy atom. The standard InChI is InChI=1S/C13H26N2O2/c1-4-6-7-15(10(3)5-2)13(17)12-8-11(16)9-14-12/h10-12,14,16H,4-9H2,1-3H3. The number of unbranched alkanes of at least 4 members (excludes halogenated alkanes) is 1. The third kappa shape index (κ3) is 3.96. The van der Waals surface area contributed by atoms with Crippen LogP contribution in [-0.4, -0.2) is 47.2 Å². The van der Waals surface area contributed by atoms with Gasteiger partial charge in [-0.2, -0.15) is 0 Å². The predicted octanol–water partition coefficient (Wildman–Crippen LogP) is 1.14. The summed E-state index contributed by atoms with van der Waals surface area (Å²) in [4.78, 5) is 14.3. The molecule has 1 rings (SSSR count). The topological polar surface area (TPSA) is 52.6 Å². The van der Waals surface area contributed by atoms with Crippen molar-refractivity contribution in [3.8, 4) is 0 Å². The minimum absolute atomic E-state index is 0.157. The van der Waals surface area contributed by atoms with Crippen molar-refractivity contribution < 1.29 is 9.90 Å². The molecule has 0 aromatic rings. The van der Waals surface area contributed by atoms with Crippen molar-refractivity contribution in [2.75, 3.05) is 13.1 Å². The van der Waals surface area contributed by atoms with Gasteiger partial charge >= 0.3 is 0 Å². The number of aliphatic hydroxyl groups excluding tert-OH is 1. The first-order valence-electron chi connectivity index (χ1n) is 6.82. The maximum atomic E-state index is 12.3. The zero-order chi connectivity index (χ0) is 12.8. The van der Waals surface area contributed by atoms with Gasteiger partial charge in [-0.15, -0.1) is 0 Å². The molecule has 100 valence electrons. The van der Waals surface area contributed by atoms with Crippen molar-refractivity contribution in [3.05, 3.63) is 0 Å². The molecule has 3 atom stereocenters. The van der Waals surface area contributed by atoms with Crippen molar-refractivity contribution in [2.45, 2.75) is 64.6 Å². The second-order valence-electron chi connectivity index (χ2n) is 4.99. The third-order valence-electron chi connectivity index (χ3n) is 3.56. The Hall–Kier alpha value is -0.610. The highest BCUT2D eigenvalue weighted by molar-refractivity contribution is 5.82. The van der Waals surface area contributed by atoms with E-state index >= 15 is 0 Å². The zero-order valence-corrected chi connectivity index (χ0v) is 11.3. The number of β-amino-alcohol motifs (C(OH)–C–C–N with tert-alkyl or cyclic N) is 1. The van der Waals surface area contributed by atoms with Crippen molar-refractivity contribution in [1.29, 1.82) is 0 Å². The molecule has 1 aliphatic heterocycles. The monoisotopic (exact) mass is 242 g/mol. The average molecular weight is 242 g/mol. The molecular formula is C13H26N2O2. The molecule has 1 saturated heterocycles. The first kappa shape index (κ1) is 14.5. The summed E-state index contributed by atoms with van der Waals surface area (Å²) >= 11 is 0. The van der Waals surface area contributed by atoms with E-state index in [2.05, 4.69) is 26.1 Å². The fourth-order valence-corrected chi connectivity index (χ4v) is 2.20. The molecule has 1 heterocycles. The molecule has 0 radical (unpaired) electrons. The zero-order valence-electron chi connectivity index (χ0n) is 11.3. The SMILES string of the molecule is CCCCN(C(=O)C1CC(O)CN1)C(C)CC. The number of nitrogens with zero attached hydrogens (tertiary/aromatic N) is 1. The first-order chi connectivity index (χ1) is 8.10. The molecular weight excluding hydrogens is 216 g/mol. The number of hydrogen-bond donors (Lipinski definition) is 2. The first-order valence-corrected chi connectivity index (χ1v) is 6.82. The van der Waals surface area contributed by atoms with Crippen LogP contribution in [0, 0.1) is 0 Å². The third-order valence-corrected chi connectivity index (χ3v) is 3.56. The highest BCUT2D eigenvalue weighted by Crippen LogP contribution is 2.14. The van der Waals surface area contributed by atoms with Gasteiger partial charge in [0.25, 0.3) is 0 Å². The van der Waals surface area contributed by atoms with Gasteiger partial charge in [-0.3, -0.25) is 4.79 Å². The van der Waals surface area contributed by atoms with E-state index in [0.717, 1.165) is 25.8 Å². The van der Waals surface area contributed by atoms with Crippen molar-refractivity contribution in [3.63, 3.8) is 0 Å². The molecule has 4 heteroatoms. The molecule has 1 aliphatic rings. The Labute approximate surface area is 104 Å². The molecule has 17 heavy (non-hydrogen) atoms. The molecule has 4 nitrogen and oxygen atoms in total. The summed E-state index contributed by atoms with van der Waals surface area (Å²) in [6, 6.07) is 0.101. The van der Waals surface area contributed by atoms with E-state index in [4.69, 9.17) is 0 Å². The molecule has 0 saturated carbocycles. The van der Waals surface area contributed by atoms with Crippen LogP contribution in [0.3, 0.4) is 0 Å². The lowest BCUT2D eigenvalue weighted by Crippen LogP contribution is -2.47. The molecule has 0 aromatic carbocycles. The van der Waals surface area contributed by atoms with Crippen LogP contribution >= 0.6 is 0 Å². The number of nitrogens with one attached hydrogen (secondary N) is 1. The van der Waals surface area contributed by atoms with Crippen molar-refractivity contribution >= 4 is 5.91 Å². The van der Waals surface area contributed by atoms with Crippen LogP contribution in [0.4, 0.5) is 0 Å². The van der Waals surface area contributed by atoms with E-state index in [1.807, 2.05) is 4.90 Å². The van der Waals surface area contributed by atoms with Crippen molar-refractivity contribution in [1.82, 2.24) is 10.2 Å². The summed E-state index contributed by atoms with van der Waals surface area (Å²) in [6.45, 7) is 7.71. The van der Waals surface area contributed by atoms with Crippen molar-refractivity contribution in [2.24, 2.45) is 0 Å². The number of carbonyl (C=O) groups excluding carboxylic acids is 1. The van der Waals surface area contributed by atoms with Crippen LogP contribution < -0.4 is 5.32 Å². The molecule has 0 bridgehead atoms. The van der Waals surface area contributed by atoms with Crippen LogP contribution in [0.15, 0.2) is 0 Å². The highest BCUT2D eigenvalue weighted by Gasteiger charge is 2.32. The van der Waals surface area contributed by atoms with E-state index in [0.29, 0.717) is 13.0 Å². The Morgan fingerprint density at radius 1 is 1.53 bits per heavy atom. The van der Waals surface area contributed by atoms with Gasteiger partial charge < -0.3 is 15.3 Å². The van der Waals surface area contributed by atoms with Gasteiger partial charge in [0.15, 0.2) is 0 Å². The predicted molar refractivity (Wildman–Crippen MR) is 68.8 cm³/mol. The van der Waals surface area contributed by atoms with E-state index in [9.17, 15) is 9.90 Å². The number of carbonyl (C=O) groups is 1. The van der Waals surface area contributed by atoms with Gasteiger partial charge in [0.1, 0.15) is 0 Å². The Morgan fingerprint density at radius 2 is 2.24 bits per heavy atom. The quantitative estimate of drug-likeness (QED) is 0.734. The van der Waals surface area contributed by atoms with Crippen LogP contribution in [0.2, 0.25) is 0 Å². The molecule has 3 unspecified atom stereocenters. The number of amides is 1. The molecule has 0 spiro atoms. The number of aliphatic hydroxyl groups is 1. The smallest absolute Gasteiger partial charge is 0.240 e. The maximum Gasteiger partial charge on any atom is 0.240 e. The van der Waals surface area contributed by atoms with E-state index in [1.165, 1.54) is 0 Å². The normalized spacial score (nSPS) is 25.9. The largest absolute Gasteiger partial charge is 0.392 e. The fourth-order valence-electron chi connectivity index (χ4n) is 2.20. The summed E-state index contributed by atoms with van der Waals surface area (Å²) in [5.74, 6) is 0.157. The average Bonchev–Trinajstić information content (AvgIpc) is 2.75. The lowest BCUT2D eigenvalue weighted by Gasteiger charge is -2.31. The molecule has 0 aliphatic carbocycles. The lowest BCUT2D eigenvalue weighted by molar-refractivity contribution is -0.135. The maximum absolute atomic E-state index is 12.3. The molecule has 0 aromatic heterocycles. The second-order valence-corrected chi connectivity index (χ2v) is 4.99. The van der Waals surface area contributed by atoms with Gasteiger partial charge in [-0.1, -0.05) is 20.3 Å².